The second-order valence-corrected chi connectivity index (χ2v) is 10.4. The lowest BCUT2D eigenvalue weighted by Gasteiger charge is -2.35. The van der Waals surface area contributed by atoms with E-state index in [1.807, 2.05) is 0 Å². The molecule has 1 spiro atoms. The number of benzene rings is 4. The van der Waals surface area contributed by atoms with Crippen molar-refractivity contribution in [3.8, 4) is 57.5 Å². The highest BCUT2D eigenvalue weighted by Crippen LogP contribution is 2.66. The predicted octanol–water partition coefficient (Wildman–Crippen LogP) is 3.00. The molecule has 0 fully saturated rings. The van der Waals surface area contributed by atoms with Gasteiger partial charge in [-0.15, -0.1) is 0 Å². The van der Waals surface area contributed by atoms with Crippen molar-refractivity contribution >= 4 is 5.97 Å². The first-order chi connectivity index (χ1) is 20.0. The number of phenols is 7. The Labute approximate surface area is 236 Å². The number of aromatic hydroxyl groups is 7. The van der Waals surface area contributed by atoms with Crippen molar-refractivity contribution in [1.29, 1.82) is 0 Å². The fourth-order valence-electron chi connectivity index (χ4n) is 6.16. The van der Waals surface area contributed by atoms with Gasteiger partial charge in [-0.3, -0.25) is 4.79 Å². The molecule has 0 amide bonds. The predicted molar refractivity (Wildman–Crippen MR) is 140 cm³/mol. The van der Waals surface area contributed by atoms with Crippen LogP contribution in [-0.2, 0) is 16.6 Å². The van der Waals surface area contributed by atoms with E-state index in [-0.39, 0.29) is 68.7 Å². The second-order valence-electron chi connectivity index (χ2n) is 10.4. The summed E-state index contributed by atoms with van der Waals surface area (Å²) in [6.45, 7) is 0. The summed E-state index contributed by atoms with van der Waals surface area (Å²) < 4.78 is 18.1. The molecule has 0 radical (unpaired) electrons. The summed E-state index contributed by atoms with van der Waals surface area (Å²) in [5, 5.41) is 83.3. The minimum absolute atomic E-state index is 0.0394. The van der Waals surface area contributed by atoms with E-state index < -0.39 is 52.7 Å². The summed E-state index contributed by atoms with van der Waals surface area (Å²) >= 11 is 0. The molecule has 3 heterocycles. The maximum Gasteiger partial charge on any atom is 0.331 e. The fourth-order valence-corrected chi connectivity index (χ4v) is 6.16. The van der Waals surface area contributed by atoms with Gasteiger partial charge >= 0.3 is 5.97 Å². The molecule has 0 bridgehead atoms. The first-order valence-electron chi connectivity index (χ1n) is 12.7. The Morgan fingerprint density at radius 1 is 0.667 bits per heavy atom. The van der Waals surface area contributed by atoms with E-state index in [2.05, 4.69) is 0 Å². The minimum atomic E-state index is -2.02. The highest BCUT2D eigenvalue weighted by atomic mass is 16.6. The number of aliphatic hydroxyl groups excluding tert-OH is 1. The SMILES string of the molecule is O=C1Oc2cc(O)c3c(c2[C@@]12c1c(O)cc(O)cc1OC2c1ccc(O)c(O)c1)O[C@H](c1ccc(O)c(O)c1)[C@H](O)C3. The van der Waals surface area contributed by atoms with Crippen molar-refractivity contribution in [2.75, 3.05) is 0 Å². The molecule has 8 N–H and O–H groups in total. The van der Waals surface area contributed by atoms with Crippen molar-refractivity contribution in [1.82, 2.24) is 0 Å². The molecule has 3 aliphatic rings. The van der Waals surface area contributed by atoms with E-state index in [0.29, 0.717) is 0 Å². The molecule has 0 saturated carbocycles. The van der Waals surface area contributed by atoms with Crippen molar-refractivity contribution in [3.63, 3.8) is 0 Å². The van der Waals surface area contributed by atoms with Gasteiger partial charge in [-0.2, -0.15) is 0 Å². The largest absolute Gasteiger partial charge is 0.508 e. The van der Waals surface area contributed by atoms with E-state index in [0.717, 1.165) is 6.07 Å². The lowest BCUT2D eigenvalue weighted by atomic mass is 9.69. The van der Waals surface area contributed by atoms with Crippen LogP contribution in [0.15, 0.2) is 54.6 Å². The highest BCUT2D eigenvalue weighted by molar-refractivity contribution is 6.00. The summed E-state index contributed by atoms with van der Waals surface area (Å²) in [4.78, 5) is 14.1. The summed E-state index contributed by atoms with van der Waals surface area (Å²) in [6, 6.07) is 11.0. The molecule has 4 aromatic carbocycles. The van der Waals surface area contributed by atoms with E-state index in [1.165, 1.54) is 48.5 Å². The van der Waals surface area contributed by atoms with Gasteiger partial charge in [0.2, 0.25) is 0 Å². The lowest BCUT2D eigenvalue weighted by Crippen LogP contribution is -2.40. The monoisotopic (exact) mass is 574 g/mol. The highest BCUT2D eigenvalue weighted by Gasteiger charge is 2.66. The van der Waals surface area contributed by atoms with Gasteiger partial charge in [0.15, 0.2) is 28.4 Å². The molecule has 3 aliphatic heterocycles. The number of fused-ring (bicyclic) bond motifs is 6. The number of hydrogen-bond acceptors (Lipinski definition) is 12. The van der Waals surface area contributed by atoms with Gasteiger partial charge in [0.1, 0.15) is 46.7 Å². The summed E-state index contributed by atoms with van der Waals surface area (Å²) in [5.74, 6) is -4.21. The summed E-state index contributed by atoms with van der Waals surface area (Å²) in [7, 11) is 0. The maximum absolute atomic E-state index is 14.1. The van der Waals surface area contributed by atoms with Crippen molar-refractivity contribution in [2.24, 2.45) is 0 Å². The maximum atomic E-state index is 14.1. The molecule has 0 saturated heterocycles. The van der Waals surface area contributed by atoms with E-state index >= 15 is 0 Å². The molecule has 4 aromatic rings. The zero-order chi connectivity index (χ0) is 29.7. The Bertz CT molecular complexity index is 1830. The zero-order valence-corrected chi connectivity index (χ0v) is 21.3. The average Bonchev–Trinajstić information content (AvgIpc) is 3.42. The normalized spacial score (nSPS) is 23.5. The number of carbonyl (C=O) groups excluding carboxylic acids is 1. The van der Waals surface area contributed by atoms with Gasteiger partial charge in [-0.1, -0.05) is 12.1 Å². The standard InChI is InChI=1S/C30H22O12/c31-13-7-20(37)24-22(8-13)40-28(12-2-4-16(33)19(36)6-12)30(24)25-23(41-29(30)39)10-17(34)14-9-21(38)26(42-27(14)25)11-1-3-15(32)18(35)5-11/h1-8,10,21,26,28,31-38H,9H2/t21-,26-,28?,30-/m1/s1. The Morgan fingerprint density at radius 3 is 2.02 bits per heavy atom. The molecular weight excluding hydrogens is 552 g/mol. The number of phenolic OH excluding ortho intramolecular Hbond substituents is 7. The van der Waals surface area contributed by atoms with Gasteiger partial charge in [-0.25, -0.2) is 0 Å². The van der Waals surface area contributed by atoms with Crippen molar-refractivity contribution in [2.45, 2.75) is 30.1 Å². The van der Waals surface area contributed by atoms with Crippen molar-refractivity contribution < 1.29 is 59.9 Å². The van der Waals surface area contributed by atoms with Crippen molar-refractivity contribution in [3.05, 3.63) is 82.4 Å². The van der Waals surface area contributed by atoms with E-state index in [1.54, 1.807) is 0 Å². The third-order valence-corrected chi connectivity index (χ3v) is 7.98. The number of aliphatic hydroxyl groups is 1. The molecular formula is C30H22O12. The van der Waals surface area contributed by atoms with Gasteiger partial charge < -0.3 is 55.1 Å². The first kappa shape index (κ1) is 25.5. The molecule has 1 unspecified atom stereocenters. The minimum Gasteiger partial charge on any atom is -0.508 e. The first-order valence-corrected chi connectivity index (χ1v) is 12.7. The Balaban J connectivity index is 1.51. The molecule has 12 heteroatoms. The number of hydrogen-bond donors (Lipinski definition) is 8. The summed E-state index contributed by atoms with van der Waals surface area (Å²) in [5.41, 5.74) is -1.48. The van der Waals surface area contributed by atoms with Crippen LogP contribution >= 0.6 is 0 Å². The number of esters is 1. The van der Waals surface area contributed by atoms with Crippen LogP contribution in [0, 0.1) is 0 Å². The van der Waals surface area contributed by atoms with E-state index in [9.17, 15) is 45.6 Å². The number of carbonyl (C=O) groups is 1. The van der Waals surface area contributed by atoms with Crippen LogP contribution in [0.4, 0.5) is 0 Å². The zero-order valence-electron chi connectivity index (χ0n) is 21.3. The quantitative estimate of drug-likeness (QED) is 0.0988. The Morgan fingerprint density at radius 2 is 1.33 bits per heavy atom. The summed E-state index contributed by atoms with van der Waals surface area (Å²) in [6.07, 6.45) is -3.89. The fraction of sp³-hybridized carbons (Fsp3) is 0.167. The van der Waals surface area contributed by atoms with Gasteiger partial charge in [0, 0.05) is 30.2 Å². The molecule has 214 valence electrons. The third kappa shape index (κ3) is 3.29. The lowest BCUT2D eigenvalue weighted by molar-refractivity contribution is -0.139. The van der Waals surface area contributed by atoms with Crippen LogP contribution in [0.3, 0.4) is 0 Å². The molecule has 4 atom stereocenters. The Hall–Kier alpha value is -5.49. The van der Waals surface area contributed by atoms with E-state index in [4.69, 9.17) is 14.2 Å². The molecule has 7 rings (SSSR count). The topological polar surface area (TPSA) is 207 Å². The van der Waals surface area contributed by atoms with Crippen LogP contribution in [0.2, 0.25) is 0 Å². The van der Waals surface area contributed by atoms with Crippen LogP contribution in [0.5, 0.6) is 57.5 Å². The molecule has 12 nitrogen and oxygen atoms in total. The number of rotatable bonds is 2. The Kier molecular flexibility index (Phi) is 5.16. The van der Waals surface area contributed by atoms with Crippen LogP contribution in [-0.4, -0.2) is 52.9 Å². The van der Waals surface area contributed by atoms with Gasteiger partial charge in [0.25, 0.3) is 0 Å². The van der Waals surface area contributed by atoms with Gasteiger partial charge in [0.05, 0.1) is 17.2 Å². The van der Waals surface area contributed by atoms with Crippen LogP contribution in [0.25, 0.3) is 0 Å². The number of ether oxygens (including phenoxy) is 3. The van der Waals surface area contributed by atoms with Gasteiger partial charge in [-0.05, 0) is 35.4 Å². The molecule has 42 heavy (non-hydrogen) atoms. The average molecular weight is 574 g/mol. The smallest absolute Gasteiger partial charge is 0.331 e. The van der Waals surface area contributed by atoms with Crippen LogP contribution < -0.4 is 14.2 Å². The molecule has 0 aliphatic carbocycles. The van der Waals surface area contributed by atoms with Crippen LogP contribution in [0.1, 0.15) is 40.0 Å². The molecule has 0 aromatic heterocycles. The third-order valence-electron chi connectivity index (χ3n) is 7.98. The second kappa shape index (κ2) is 8.51.